The summed E-state index contributed by atoms with van der Waals surface area (Å²) in [5, 5.41) is 15.5. The Morgan fingerprint density at radius 1 is 1.55 bits per heavy atom. The SMILES string of the molecule is CCn1nc(C)cc1CS(=O)C[C@H](NC(C)=O)C(=O)O. The number of nitrogens with one attached hydrogen (secondary N) is 1. The van der Waals surface area contributed by atoms with Gasteiger partial charge in [-0.3, -0.25) is 13.7 Å². The van der Waals surface area contributed by atoms with Crippen molar-refractivity contribution in [1.82, 2.24) is 15.1 Å². The fourth-order valence-electron chi connectivity index (χ4n) is 1.82. The highest BCUT2D eigenvalue weighted by Gasteiger charge is 2.22. The van der Waals surface area contributed by atoms with Crippen molar-refractivity contribution in [2.75, 3.05) is 5.75 Å². The molecule has 20 heavy (non-hydrogen) atoms. The lowest BCUT2D eigenvalue weighted by molar-refractivity contribution is -0.140. The first-order valence-corrected chi connectivity index (χ1v) is 7.70. The van der Waals surface area contributed by atoms with Crippen molar-refractivity contribution in [3.05, 3.63) is 17.5 Å². The molecule has 0 spiro atoms. The Balaban J connectivity index is 2.70. The summed E-state index contributed by atoms with van der Waals surface area (Å²) in [5.74, 6) is -1.54. The van der Waals surface area contributed by atoms with E-state index in [1.54, 1.807) is 4.68 Å². The molecule has 1 heterocycles. The summed E-state index contributed by atoms with van der Waals surface area (Å²) >= 11 is 0. The van der Waals surface area contributed by atoms with Crippen LogP contribution >= 0.6 is 0 Å². The van der Waals surface area contributed by atoms with Gasteiger partial charge in [-0.1, -0.05) is 0 Å². The fraction of sp³-hybridized carbons (Fsp3) is 0.583. The highest BCUT2D eigenvalue weighted by atomic mass is 32.2. The van der Waals surface area contributed by atoms with Crippen LogP contribution in [0.4, 0.5) is 0 Å². The first-order chi connectivity index (χ1) is 9.33. The Hall–Kier alpha value is -1.70. The molecule has 0 radical (unpaired) electrons. The zero-order valence-corrected chi connectivity index (χ0v) is 12.6. The normalized spacial score (nSPS) is 13.8. The lowest BCUT2D eigenvalue weighted by Gasteiger charge is -2.13. The molecule has 112 valence electrons. The van der Waals surface area contributed by atoms with Crippen LogP contribution in [0.15, 0.2) is 6.07 Å². The third kappa shape index (κ3) is 4.76. The van der Waals surface area contributed by atoms with Crippen molar-refractivity contribution in [2.24, 2.45) is 0 Å². The number of nitrogens with zero attached hydrogens (tertiary/aromatic N) is 2. The van der Waals surface area contributed by atoms with Crippen molar-refractivity contribution < 1.29 is 18.9 Å². The standard InChI is InChI=1S/C12H19N3O4S/c1-4-15-10(5-8(2)14-15)6-20(19)7-11(12(17)18)13-9(3)16/h5,11H,4,6-7H2,1-3H3,(H,13,16)(H,17,18)/t11-,20?/m0/s1. The van der Waals surface area contributed by atoms with Crippen molar-refractivity contribution in [1.29, 1.82) is 0 Å². The van der Waals surface area contributed by atoms with Gasteiger partial charge >= 0.3 is 5.97 Å². The molecule has 2 N–H and O–H groups in total. The fourth-order valence-corrected chi connectivity index (χ4v) is 3.10. The molecule has 0 saturated heterocycles. The summed E-state index contributed by atoms with van der Waals surface area (Å²) in [7, 11) is -1.39. The van der Waals surface area contributed by atoms with E-state index in [1.165, 1.54) is 6.92 Å². The van der Waals surface area contributed by atoms with Gasteiger partial charge in [-0.05, 0) is 19.9 Å². The molecule has 0 aliphatic rings. The third-order valence-corrected chi connectivity index (χ3v) is 3.94. The van der Waals surface area contributed by atoms with Crippen LogP contribution in [0.1, 0.15) is 25.2 Å². The lowest BCUT2D eigenvalue weighted by Crippen LogP contribution is -2.43. The van der Waals surface area contributed by atoms with Crippen LogP contribution in [0.5, 0.6) is 0 Å². The van der Waals surface area contributed by atoms with Gasteiger partial charge in [0.1, 0.15) is 6.04 Å². The molecule has 7 nitrogen and oxygen atoms in total. The van der Waals surface area contributed by atoms with Crippen molar-refractivity contribution in [3.8, 4) is 0 Å². The van der Waals surface area contributed by atoms with Gasteiger partial charge in [-0.25, -0.2) is 4.79 Å². The molecule has 0 saturated carbocycles. The minimum absolute atomic E-state index is 0.122. The molecule has 2 atom stereocenters. The monoisotopic (exact) mass is 301 g/mol. The molecule has 1 aromatic heterocycles. The average Bonchev–Trinajstić information content (AvgIpc) is 2.67. The predicted octanol–water partition coefficient (Wildman–Crippen LogP) is 0.0494. The molecule has 0 aliphatic heterocycles. The van der Waals surface area contributed by atoms with Crippen LogP contribution in [0.3, 0.4) is 0 Å². The van der Waals surface area contributed by atoms with E-state index in [4.69, 9.17) is 5.11 Å². The number of carboxylic acid groups (broad SMARTS) is 1. The smallest absolute Gasteiger partial charge is 0.327 e. The largest absolute Gasteiger partial charge is 0.480 e. The number of rotatable bonds is 7. The van der Waals surface area contributed by atoms with E-state index in [0.717, 1.165) is 11.4 Å². The summed E-state index contributed by atoms with van der Waals surface area (Å²) in [4.78, 5) is 21.9. The minimum Gasteiger partial charge on any atom is -0.480 e. The van der Waals surface area contributed by atoms with Gasteiger partial charge in [0.05, 0.1) is 22.9 Å². The Morgan fingerprint density at radius 2 is 2.20 bits per heavy atom. The van der Waals surface area contributed by atoms with Crippen molar-refractivity contribution >= 4 is 22.7 Å². The molecule has 0 fully saturated rings. The van der Waals surface area contributed by atoms with E-state index in [1.807, 2.05) is 19.9 Å². The molecule has 8 heteroatoms. The zero-order valence-electron chi connectivity index (χ0n) is 11.8. The van der Waals surface area contributed by atoms with Crippen LogP contribution in [0.2, 0.25) is 0 Å². The van der Waals surface area contributed by atoms with Gasteiger partial charge in [0.25, 0.3) is 0 Å². The average molecular weight is 301 g/mol. The third-order valence-electron chi connectivity index (χ3n) is 2.62. The topological polar surface area (TPSA) is 101 Å². The maximum Gasteiger partial charge on any atom is 0.327 e. The maximum atomic E-state index is 12.0. The van der Waals surface area contributed by atoms with E-state index >= 15 is 0 Å². The van der Waals surface area contributed by atoms with Gasteiger partial charge in [0.2, 0.25) is 5.91 Å². The molecule has 1 rings (SSSR count). The number of carboxylic acids is 1. The van der Waals surface area contributed by atoms with Crippen LogP contribution in [0, 0.1) is 6.92 Å². The first kappa shape index (κ1) is 16.4. The Labute approximate surface area is 119 Å². The van der Waals surface area contributed by atoms with Gasteiger partial charge < -0.3 is 10.4 Å². The number of aryl methyl sites for hydroxylation is 2. The second-order valence-corrected chi connectivity index (χ2v) is 5.94. The lowest BCUT2D eigenvalue weighted by atomic mass is 10.3. The molecule has 1 aromatic rings. The first-order valence-electron chi connectivity index (χ1n) is 6.21. The number of carbonyl (C=O) groups is 2. The van der Waals surface area contributed by atoms with Gasteiger partial charge in [-0.2, -0.15) is 5.10 Å². The molecular formula is C12H19N3O4S. The van der Waals surface area contributed by atoms with E-state index < -0.39 is 28.7 Å². The summed E-state index contributed by atoms with van der Waals surface area (Å²) < 4.78 is 13.8. The quantitative estimate of drug-likeness (QED) is 0.741. The van der Waals surface area contributed by atoms with E-state index in [2.05, 4.69) is 10.4 Å². The Kier molecular flexibility index (Phi) is 5.87. The van der Waals surface area contributed by atoms with Crippen LogP contribution in [-0.2, 0) is 32.7 Å². The van der Waals surface area contributed by atoms with Crippen LogP contribution < -0.4 is 5.32 Å². The van der Waals surface area contributed by atoms with Crippen molar-refractivity contribution in [2.45, 2.75) is 39.1 Å². The predicted molar refractivity (Wildman–Crippen MR) is 74.6 cm³/mol. The van der Waals surface area contributed by atoms with E-state index in [0.29, 0.717) is 6.54 Å². The highest BCUT2D eigenvalue weighted by Crippen LogP contribution is 2.08. The Morgan fingerprint density at radius 3 is 2.70 bits per heavy atom. The van der Waals surface area contributed by atoms with Gasteiger partial charge in [0.15, 0.2) is 0 Å². The van der Waals surface area contributed by atoms with Gasteiger partial charge in [-0.15, -0.1) is 0 Å². The summed E-state index contributed by atoms with van der Waals surface area (Å²) in [6.07, 6.45) is 0. The maximum absolute atomic E-state index is 12.0. The number of aliphatic carboxylic acids is 1. The number of hydrogen-bond donors (Lipinski definition) is 2. The molecule has 0 aromatic carbocycles. The molecular weight excluding hydrogens is 282 g/mol. The Bertz CT molecular complexity index is 527. The minimum atomic E-state index is -1.39. The number of hydrogen-bond acceptors (Lipinski definition) is 4. The molecule has 0 bridgehead atoms. The highest BCUT2D eigenvalue weighted by molar-refractivity contribution is 7.84. The second kappa shape index (κ2) is 7.18. The molecule has 1 unspecified atom stereocenters. The summed E-state index contributed by atoms with van der Waals surface area (Å²) in [6.45, 7) is 5.66. The van der Waals surface area contributed by atoms with E-state index in [9.17, 15) is 13.8 Å². The summed E-state index contributed by atoms with van der Waals surface area (Å²) in [6, 6.07) is 0.697. The van der Waals surface area contributed by atoms with Gasteiger partial charge in [0, 0.05) is 24.3 Å². The molecule has 1 amide bonds. The second-order valence-electron chi connectivity index (χ2n) is 4.43. The number of aromatic nitrogens is 2. The van der Waals surface area contributed by atoms with E-state index in [-0.39, 0.29) is 11.5 Å². The van der Waals surface area contributed by atoms with Crippen LogP contribution in [0.25, 0.3) is 0 Å². The number of amides is 1. The number of carbonyl (C=O) groups excluding carboxylic acids is 1. The molecule has 0 aliphatic carbocycles. The van der Waals surface area contributed by atoms with Crippen molar-refractivity contribution in [3.63, 3.8) is 0 Å². The van der Waals surface area contributed by atoms with Crippen LogP contribution in [-0.4, -0.2) is 42.8 Å². The summed E-state index contributed by atoms with van der Waals surface area (Å²) in [5.41, 5.74) is 1.63. The zero-order chi connectivity index (χ0) is 15.3.